The van der Waals surface area contributed by atoms with Crippen molar-refractivity contribution in [1.29, 1.82) is 0 Å². The summed E-state index contributed by atoms with van der Waals surface area (Å²) in [6.07, 6.45) is 6.74. The zero-order valence-corrected chi connectivity index (χ0v) is 10.4. The van der Waals surface area contributed by atoms with Crippen molar-refractivity contribution in [3.63, 3.8) is 0 Å². The van der Waals surface area contributed by atoms with E-state index in [1.165, 1.54) is 0 Å². The first kappa shape index (κ1) is 11.3. The Labute approximate surface area is 110 Å². The van der Waals surface area contributed by atoms with Gasteiger partial charge in [0.1, 0.15) is 0 Å². The molecule has 1 N–H and O–H groups in total. The highest BCUT2D eigenvalue weighted by Gasteiger charge is 2.19. The third kappa shape index (κ3) is 2.11. The topological polar surface area (TPSA) is 46.9 Å². The highest BCUT2D eigenvalue weighted by molar-refractivity contribution is 6.31. The zero-order valence-electron chi connectivity index (χ0n) is 9.69. The summed E-state index contributed by atoms with van der Waals surface area (Å²) in [7, 11) is 0. The molecule has 0 saturated heterocycles. The minimum atomic E-state index is 0.0350. The lowest BCUT2D eigenvalue weighted by atomic mass is 10.1. The van der Waals surface area contributed by atoms with Crippen LogP contribution < -0.4 is 5.32 Å². The summed E-state index contributed by atoms with van der Waals surface area (Å²) in [6, 6.07) is 3.86. The van der Waals surface area contributed by atoms with Crippen LogP contribution in [0.3, 0.4) is 0 Å². The van der Waals surface area contributed by atoms with E-state index in [2.05, 4.69) is 10.3 Å². The van der Waals surface area contributed by atoms with Gasteiger partial charge < -0.3 is 9.88 Å². The third-order valence-electron chi connectivity index (χ3n) is 3.10. The van der Waals surface area contributed by atoms with E-state index >= 15 is 0 Å². The quantitative estimate of drug-likeness (QED) is 0.921. The molecule has 0 unspecified atom stereocenters. The highest BCUT2D eigenvalue weighted by atomic mass is 35.5. The molecule has 1 aliphatic rings. The van der Waals surface area contributed by atoms with Gasteiger partial charge in [-0.3, -0.25) is 4.79 Å². The first-order chi connectivity index (χ1) is 8.72. The number of nitrogens with one attached hydrogen (secondary N) is 1. The van der Waals surface area contributed by atoms with Crippen LogP contribution in [0.5, 0.6) is 0 Å². The molecule has 18 heavy (non-hydrogen) atoms. The Morgan fingerprint density at radius 1 is 1.44 bits per heavy atom. The first-order valence-corrected chi connectivity index (χ1v) is 6.17. The van der Waals surface area contributed by atoms with Gasteiger partial charge in [-0.15, -0.1) is 0 Å². The number of hydrogen-bond donors (Lipinski definition) is 1. The molecule has 0 aliphatic carbocycles. The molecule has 92 valence electrons. The summed E-state index contributed by atoms with van der Waals surface area (Å²) in [5, 5.41) is 3.50. The lowest BCUT2D eigenvalue weighted by Crippen LogP contribution is -2.03. The Kier molecular flexibility index (Phi) is 2.80. The molecule has 0 saturated carbocycles. The predicted molar refractivity (Wildman–Crippen MR) is 69.7 cm³/mol. The maximum atomic E-state index is 11.3. The van der Waals surface area contributed by atoms with Gasteiger partial charge in [0.15, 0.2) is 0 Å². The van der Waals surface area contributed by atoms with Crippen LogP contribution in [0.15, 0.2) is 30.9 Å². The van der Waals surface area contributed by atoms with Crippen molar-refractivity contribution in [2.75, 3.05) is 5.32 Å². The fourth-order valence-electron chi connectivity index (χ4n) is 2.16. The zero-order chi connectivity index (χ0) is 12.5. The number of carbonyl (C=O) groups excluding carboxylic acids is 1. The van der Waals surface area contributed by atoms with Crippen molar-refractivity contribution in [2.45, 2.75) is 19.4 Å². The van der Waals surface area contributed by atoms with E-state index in [1.807, 2.05) is 22.9 Å². The molecule has 0 fully saturated rings. The molecule has 0 spiro atoms. The lowest BCUT2D eigenvalue weighted by Gasteiger charge is -2.08. The van der Waals surface area contributed by atoms with E-state index < -0.39 is 0 Å². The van der Waals surface area contributed by atoms with Gasteiger partial charge in [0, 0.05) is 29.6 Å². The largest absolute Gasteiger partial charge is 0.337 e. The number of carbonyl (C=O) groups is 1. The normalized spacial score (nSPS) is 13.5. The molecule has 3 rings (SSSR count). The molecular weight excluding hydrogens is 250 g/mol. The van der Waals surface area contributed by atoms with Crippen molar-refractivity contribution in [3.8, 4) is 0 Å². The fourth-order valence-corrected chi connectivity index (χ4v) is 2.42. The van der Waals surface area contributed by atoms with Crippen molar-refractivity contribution >= 4 is 23.2 Å². The SMILES string of the molecule is O=C1Cc2cc(CCn3ccnc3)c(Cl)cc2N1. The molecule has 4 nitrogen and oxygen atoms in total. The summed E-state index contributed by atoms with van der Waals surface area (Å²) in [6.45, 7) is 0.833. The van der Waals surface area contributed by atoms with Gasteiger partial charge >= 0.3 is 0 Å². The van der Waals surface area contributed by atoms with Gasteiger partial charge in [-0.1, -0.05) is 17.7 Å². The van der Waals surface area contributed by atoms with E-state index in [4.69, 9.17) is 11.6 Å². The Morgan fingerprint density at radius 3 is 3.11 bits per heavy atom. The van der Waals surface area contributed by atoms with Crippen molar-refractivity contribution in [1.82, 2.24) is 9.55 Å². The predicted octanol–water partition coefficient (Wildman–Crippen LogP) is 2.27. The molecular formula is C13H12ClN3O. The van der Waals surface area contributed by atoms with Gasteiger partial charge in [0.25, 0.3) is 0 Å². The van der Waals surface area contributed by atoms with E-state index in [0.717, 1.165) is 29.8 Å². The molecule has 1 aliphatic heterocycles. The van der Waals surface area contributed by atoms with Crippen LogP contribution in [-0.4, -0.2) is 15.5 Å². The van der Waals surface area contributed by atoms with Crippen LogP contribution in [0.25, 0.3) is 0 Å². The van der Waals surface area contributed by atoms with Crippen LogP contribution in [0.1, 0.15) is 11.1 Å². The maximum absolute atomic E-state index is 11.3. The van der Waals surface area contributed by atoms with Gasteiger partial charge in [0.05, 0.1) is 12.7 Å². The maximum Gasteiger partial charge on any atom is 0.228 e. The van der Waals surface area contributed by atoms with Crippen molar-refractivity contribution in [2.24, 2.45) is 0 Å². The summed E-state index contributed by atoms with van der Waals surface area (Å²) < 4.78 is 2.01. The van der Waals surface area contributed by atoms with Crippen LogP contribution >= 0.6 is 11.6 Å². The first-order valence-electron chi connectivity index (χ1n) is 5.79. The Bertz CT molecular complexity index is 593. The molecule has 0 bridgehead atoms. The van der Waals surface area contributed by atoms with Crippen molar-refractivity contribution < 1.29 is 4.79 Å². The van der Waals surface area contributed by atoms with Gasteiger partial charge in [-0.2, -0.15) is 0 Å². The fraction of sp³-hybridized carbons (Fsp3) is 0.231. The molecule has 0 atom stereocenters. The van der Waals surface area contributed by atoms with Gasteiger partial charge in [-0.05, 0) is 23.6 Å². The smallest absolute Gasteiger partial charge is 0.228 e. The Hall–Kier alpha value is -1.81. The number of halogens is 1. The average molecular weight is 262 g/mol. The summed E-state index contributed by atoms with van der Waals surface area (Å²) >= 11 is 6.22. The number of benzene rings is 1. The molecule has 1 aromatic heterocycles. The number of amides is 1. The summed E-state index contributed by atoms with van der Waals surface area (Å²) in [5.74, 6) is 0.0350. The second-order valence-electron chi connectivity index (χ2n) is 4.38. The van der Waals surface area contributed by atoms with E-state index in [0.29, 0.717) is 11.4 Å². The monoisotopic (exact) mass is 261 g/mol. The molecule has 1 aromatic carbocycles. The molecule has 5 heteroatoms. The molecule has 2 aromatic rings. The second-order valence-corrected chi connectivity index (χ2v) is 4.78. The highest BCUT2D eigenvalue weighted by Crippen LogP contribution is 2.30. The second kappa shape index (κ2) is 4.46. The average Bonchev–Trinajstić information content (AvgIpc) is 2.94. The van der Waals surface area contributed by atoms with Crippen molar-refractivity contribution in [3.05, 3.63) is 47.0 Å². The number of nitrogens with zero attached hydrogens (tertiary/aromatic N) is 2. The summed E-state index contributed by atoms with van der Waals surface area (Å²) in [4.78, 5) is 15.3. The lowest BCUT2D eigenvalue weighted by molar-refractivity contribution is -0.115. The number of anilines is 1. The number of fused-ring (bicyclic) bond motifs is 1. The van der Waals surface area contributed by atoms with Crippen LogP contribution in [0.4, 0.5) is 5.69 Å². The standard InChI is InChI=1S/C13H12ClN3O/c14-11-7-12-10(6-13(18)16-12)5-9(11)1-3-17-4-2-15-8-17/h2,4-5,7-8H,1,3,6H2,(H,16,18). The van der Waals surface area contributed by atoms with Crippen LogP contribution in [-0.2, 0) is 24.2 Å². The molecule has 0 radical (unpaired) electrons. The Balaban J connectivity index is 1.80. The number of aromatic nitrogens is 2. The molecule has 1 amide bonds. The van der Waals surface area contributed by atoms with E-state index in [9.17, 15) is 4.79 Å². The number of aryl methyl sites for hydroxylation is 2. The number of hydrogen-bond acceptors (Lipinski definition) is 2. The van der Waals surface area contributed by atoms with Crippen LogP contribution in [0.2, 0.25) is 5.02 Å². The summed E-state index contributed by atoms with van der Waals surface area (Å²) in [5.41, 5.74) is 2.95. The number of imidazole rings is 1. The minimum absolute atomic E-state index is 0.0350. The molecule has 2 heterocycles. The third-order valence-corrected chi connectivity index (χ3v) is 3.45. The van der Waals surface area contributed by atoms with E-state index in [1.54, 1.807) is 12.5 Å². The number of rotatable bonds is 3. The van der Waals surface area contributed by atoms with Gasteiger partial charge in [0.2, 0.25) is 5.91 Å². The minimum Gasteiger partial charge on any atom is -0.337 e. The van der Waals surface area contributed by atoms with Crippen LogP contribution in [0, 0.1) is 0 Å². The Morgan fingerprint density at radius 2 is 2.33 bits per heavy atom. The van der Waals surface area contributed by atoms with E-state index in [-0.39, 0.29) is 5.91 Å². The van der Waals surface area contributed by atoms with Gasteiger partial charge in [-0.25, -0.2) is 4.98 Å².